The summed E-state index contributed by atoms with van der Waals surface area (Å²) in [6, 6.07) is 13.2. The third kappa shape index (κ3) is 3.57. The fourth-order valence-corrected chi connectivity index (χ4v) is 4.99. The lowest BCUT2D eigenvalue weighted by Gasteiger charge is -2.30. The summed E-state index contributed by atoms with van der Waals surface area (Å²) in [5.74, 6) is -0.292. The van der Waals surface area contributed by atoms with E-state index in [0.29, 0.717) is 34.0 Å². The maximum atomic E-state index is 13.5. The molecule has 158 valence electrons. The van der Waals surface area contributed by atoms with Crippen LogP contribution in [0.2, 0.25) is 5.02 Å². The van der Waals surface area contributed by atoms with Crippen LogP contribution in [0.4, 0.5) is 5.69 Å². The van der Waals surface area contributed by atoms with Gasteiger partial charge in [-0.15, -0.1) is 0 Å². The number of aryl methyl sites for hydroxylation is 1. The first-order valence-corrected chi connectivity index (χ1v) is 11.2. The molecule has 1 aliphatic carbocycles. The van der Waals surface area contributed by atoms with Gasteiger partial charge in [-0.25, -0.2) is 4.98 Å². The van der Waals surface area contributed by atoms with Crippen LogP contribution >= 0.6 is 11.6 Å². The molecular formula is C25H24ClN3O2. The highest BCUT2D eigenvalue weighted by Gasteiger charge is 2.38. The number of para-hydroxylation sites is 1. The third-order valence-electron chi connectivity index (χ3n) is 6.48. The van der Waals surface area contributed by atoms with Crippen LogP contribution in [0.15, 0.2) is 42.5 Å². The number of hydrogen-bond donors (Lipinski definition) is 1. The van der Waals surface area contributed by atoms with Crippen molar-refractivity contribution >= 4 is 40.0 Å². The Morgan fingerprint density at radius 3 is 2.71 bits per heavy atom. The summed E-state index contributed by atoms with van der Waals surface area (Å²) >= 11 is 6.15. The normalized spacial score (nSPS) is 16.6. The predicted molar refractivity (Wildman–Crippen MR) is 123 cm³/mol. The van der Waals surface area contributed by atoms with Crippen molar-refractivity contribution in [3.63, 3.8) is 0 Å². The van der Waals surface area contributed by atoms with Crippen molar-refractivity contribution in [2.24, 2.45) is 0 Å². The number of fused-ring (bicyclic) bond motifs is 2. The molecule has 1 aliphatic heterocycles. The minimum absolute atomic E-state index is 0.0550. The van der Waals surface area contributed by atoms with Crippen molar-refractivity contribution in [3.05, 3.63) is 69.9 Å². The molecule has 31 heavy (non-hydrogen) atoms. The molecule has 2 heterocycles. The Morgan fingerprint density at radius 2 is 1.90 bits per heavy atom. The number of pyridine rings is 1. The Balaban J connectivity index is 1.59. The van der Waals surface area contributed by atoms with Gasteiger partial charge in [-0.2, -0.15) is 0 Å². The second-order valence-corrected chi connectivity index (χ2v) is 8.91. The van der Waals surface area contributed by atoms with E-state index in [4.69, 9.17) is 11.6 Å². The van der Waals surface area contributed by atoms with Gasteiger partial charge in [-0.1, -0.05) is 55.1 Å². The zero-order valence-corrected chi connectivity index (χ0v) is 18.2. The number of halogens is 1. The smallest absolute Gasteiger partial charge is 0.273 e. The Kier molecular flexibility index (Phi) is 5.14. The highest BCUT2D eigenvalue weighted by molar-refractivity contribution is 6.31. The number of carbonyl (C=O) groups is 2. The van der Waals surface area contributed by atoms with Gasteiger partial charge in [0.25, 0.3) is 11.8 Å². The number of carbonyl (C=O) groups excluding carboxylic acids is 2. The average Bonchev–Trinajstić information content (AvgIpc) is 3.11. The molecule has 0 unspecified atom stereocenters. The van der Waals surface area contributed by atoms with Gasteiger partial charge in [0.15, 0.2) is 0 Å². The fourth-order valence-electron chi connectivity index (χ4n) is 4.82. The molecule has 2 aliphatic rings. The lowest BCUT2D eigenvalue weighted by molar-refractivity contribution is 0.0655. The van der Waals surface area contributed by atoms with Crippen molar-refractivity contribution in [2.45, 2.75) is 51.6 Å². The van der Waals surface area contributed by atoms with E-state index in [0.717, 1.165) is 42.2 Å². The highest BCUT2D eigenvalue weighted by Crippen LogP contribution is 2.35. The highest BCUT2D eigenvalue weighted by atomic mass is 35.5. The first kappa shape index (κ1) is 20.0. The van der Waals surface area contributed by atoms with E-state index in [2.05, 4.69) is 10.3 Å². The topological polar surface area (TPSA) is 62.3 Å². The lowest BCUT2D eigenvalue weighted by Crippen LogP contribution is -2.37. The predicted octanol–water partition coefficient (Wildman–Crippen LogP) is 5.74. The van der Waals surface area contributed by atoms with Crippen LogP contribution in [0, 0.1) is 6.92 Å². The molecule has 0 spiro atoms. The van der Waals surface area contributed by atoms with Gasteiger partial charge in [-0.3, -0.25) is 9.59 Å². The Labute approximate surface area is 186 Å². The van der Waals surface area contributed by atoms with Crippen LogP contribution in [0.3, 0.4) is 0 Å². The monoisotopic (exact) mass is 433 g/mol. The summed E-state index contributed by atoms with van der Waals surface area (Å²) in [4.78, 5) is 33.4. The van der Waals surface area contributed by atoms with E-state index < -0.39 is 0 Å². The van der Waals surface area contributed by atoms with Gasteiger partial charge >= 0.3 is 0 Å². The van der Waals surface area contributed by atoms with Gasteiger partial charge in [0.05, 0.1) is 11.1 Å². The Morgan fingerprint density at radius 1 is 1.13 bits per heavy atom. The number of amides is 2. The minimum Gasteiger partial charge on any atom is -0.330 e. The number of anilines is 1. The molecule has 3 aromatic rings. The molecule has 2 aromatic carbocycles. The van der Waals surface area contributed by atoms with Gasteiger partial charge < -0.3 is 10.2 Å². The summed E-state index contributed by atoms with van der Waals surface area (Å²) in [5.41, 5.74) is 3.93. The van der Waals surface area contributed by atoms with E-state index in [-0.39, 0.29) is 17.9 Å². The van der Waals surface area contributed by atoms with Crippen molar-refractivity contribution in [3.8, 4) is 0 Å². The molecule has 1 N–H and O–H groups in total. The van der Waals surface area contributed by atoms with Crippen molar-refractivity contribution < 1.29 is 9.59 Å². The zero-order chi connectivity index (χ0) is 21.5. The number of nitrogens with one attached hydrogen (secondary N) is 1. The van der Waals surface area contributed by atoms with E-state index in [1.165, 1.54) is 6.42 Å². The molecule has 1 fully saturated rings. The molecular weight excluding hydrogens is 410 g/mol. The summed E-state index contributed by atoms with van der Waals surface area (Å²) in [5, 5.41) is 4.34. The second kappa shape index (κ2) is 7.97. The van der Waals surface area contributed by atoms with Crippen LogP contribution in [0.5, 0.6) is 0 Å². The fraction of sp³-hybridized carbons (Fsp3) is 0.320. The zero-order valence-electron chi connectivity index (χ0n) is 17.5. The summed E-state index contributed by atoms with van der Waals surface area (Å²) in [7, 11) is 0. The van der Waals surface area contributed by atoms with E-state index >= 15 is 0 Å². The number of aromatic nitrogens is 1. The van der Waals surface area contributed by atoms with Crippen LogP contribution in [-0.4, -0.2) is 27.7 Å². The number of rotatable bonds is 3. The quantitative estimate of drug-likeness (QED) is 0.573. The molecule has 6 heteroatoms. The SMILES string of the molecule is Cc1ccc(Cl)cc1NC(=O)c1c2c(nc3ccccc13)C(=O)N(C1CCCCC1)C2. The molecule has 1 aromatic heterocycles. The molecule has 0 radical (unpaired) electrons. The standard InChI is InChI=1S/C25H24ClN3O2/c1-15-11-12-16(26)13-21(15)28-24(30)22-18-9-5-6-10-20(18)27-23-19(22)14-29(25(23)31)17-7-3-2-4-8-17/h5-6,9-13,17H,2-4,7-8,14H2,1H3,(H,28,30). The second-order valence-electron chi connectivity index (χ2n) is 8.47. The van der Waals surface area contributed by atoms with Crippen LogP contribution in [0.1, 0.15) is 64.1 Å². The molecule has 0 atom stereocenters. The Hall–Kier alpha value is -2.92. The number of nitrogens with zero attached hydrogens (tertiary/aromatic N) is 2. The Bertz CT molecular complexity index is 1200. The summed E-state index contributed by atoms with van der Waals surface area (Å²) < 4.78 is 0. The third-order valence-corrected chi connectivity index (χ3v) is 6.71. The van der Waals surface area contributed by atoms with Gasteiger partial charge in [0.1, 0.15) is 5.69 Å². The summed E-state index contributed by atoms with van der Waals surface area (Å²) in [6.45, 7) is 2.36. The van der Waals surface area contributed by atoms with Crippen molar-refractivity contribution in [1.82, 2.24) is 9.88 Å². The molecule has 5 rings (SSSR count). The molecule has 1 saturated carbocycles. The maximum absolute atomic E-state index is 13.5. The van der Waals surface area contributed by atoms with Gasteiger partial charge in [-0.05, 0) is 43.5 Å². The van der Waals surface area contributed by atoms with E-state index in [1.54, 1.807) is 12.1 Å². The van der Waals surface area contributed by atoms with E-state index in [1.807, 2.05) is 42.2 Å². The van der Waals surface area contributed by atoms with Crippen molar-refractivity contribution in [1.29, 1.82) is 0 Å². The number of benzene rings is 2. The van der Waals surface area contributed by atoms with Crippen LogP contribution < -0.4 is 5.32 Å². The number of hydrogen-bond acceptors (Lipinski definition) is 3. The average molecular weight is 434 g/mol. The van der Waals surface area contributed by atoms with Crippen LogP contribution in [0.25, 0.3) is 10.9 Å². The lowest BCUT2D eigenvalue weighted by atomic mass is 9.94. The molecule has 2 amide bonds. The van der Waals surface area contributed by atoms with E-state index in [9.17, 15) is 9.59 Å². The molecule has 0 bridgehead atoms. The van der Waals surface area contributed by atoms with Crippen molar-refractivity contribution in [2.75, 3.05) is 5.32 Å². The van der Waals surface area contributed by atoms with Gasteiger partial charge in [0.2, 0.25) is 0 Å². The minimum atomic E-state index is -0.237. The summed E-state index contributed by atoms with van der Waals surface area (Å²) in [6.07, 6.45) is 5.54. The van der Waals surface area contributed by atoms with Crippen LogP contribution in [-0.2, 0) is 6.54 Å². The molecule has 5 nitrogen and oxygen atoms in total. The largest absolute Gasteiger partial charge is 0.330 e. The van der Waals surface area contributed by atoms with Gasteiger partial charge in [0, 0.05) is 34.2 Å². The molecule has 0 saturated heterocycles. The first-order valence-electron chi connectivity index (χ1n) is 10.8. The first-order chi connectivity index (χ1) is 15.0. The maximum Gasteiger partial charge on any atom is 0.273 e.